The maximum Gasteiger partial charge on any atom is 0.260 e. The second kappa shape index (κ2) is 8.62. The van der Waals surface area contributed by atoms with E-state index in [9.17, 15) is 39.3 Å². The van der Waals surface area contributed by atoms with E-state index in [0.29, 0.717) is 10.9 Å². The molecule has 6 rings (SSSR count). The van der Waals surface area contributed by atoms with E-state index in [2.05, 4.69) is 10.1 Å². The van der Waals surface area contributed by atoms with Gasteiger partial charge in [0.1, 0.15) is 28.8 Å². The van der Waals surface area contributed by atoms with Gasteiger partial charge in [-0.15, -0.1) is 0 Å². The number of allylic oxidation sites excluding steroid dienone is 2. The Bertz CT molecular complexity index is 1910. The Morgan fingerprint density at radius 2 is 1.61 bits per heavy atom. The molecule has 1 aromatic heterocycles. The number of nitrogens with one attached hydrogen (secondary N) is 1. The summed E-state index contributed by atoms with van der Waals surface area (Å²) in [6, 6.07) is 3.12. The van der Waals surface area contributed by atoms with E-state index >= 15 is 0 Å². The number of methoxy groups -OCH3 is 1. The molecule has 0 amide bonds. The molecule has 12 heteroatoms. The summed E-state index contributed by atoms with van der Waals surface area (Å²) in [5.41, 5.74) is -4.81. The number of pyridine rings is 1. The first kappa shape index (κ1) is 26.0. The lowest BCUT2D eigenvalue weighted by molar-refractivity contribution is 0.0790. The predicted octanol–water partition coefficient (Wildman–Crippen LogP) is 2.58. The van der Waals surface area contributed by atoms with E-state index in [-0.39, 0.29) is 35.6 Å². The number of phenolic OH excluding ortho intramolecular Hbond substituents is 3. The number of phenols is 3. The Hall–Kier alpha value is -5.26. The number of hydrogen-bond acceptors (Lipinski definition) is 11. The largest absolute Gasteiger partial charge is 0.507 e. The van der Waals surface area contributed by atoms with Crippen molar-refractivity contribution in [1.82, 2.24) is 4.98 Å². The summed E-state index contributed by atoms with van der Waals surface area (Å²) in [5.74, 6) is -6.68. The number of hydrogen-bond donors (Lipinski definition) is 4. The molecule has 2 aromatic carbocycles. The van der Waals surface area contributed by atoms with Gasteiger partial charge in [0.05, 0.1) is 46.7 Å². The number of oxime groups is 1. The van der Waals surface area contributed by atoms with E-state index in [1.165, 1.54) is 6.21 Å². The van der Waals surface area contributed by atoms with Crippen LogP contribution in [-0.2, 0) is 21.4 Å². The van der Waals surface area contributed by atoms with Gasteiger partial charge in [-0.25, -0.2) is 0 Å². The lowest BCUT2D eigenvalue weighted by Gasteiger charge is -2.22. The normalized spacial score (nSPS) is 19.4. The molecule has 41 heavy (non-hydrogen) atoms. The molecule has 0 unspecified atom stereocenters. The molecule has 0 aliphatic heterocycles. The number of benzene rings is 2. The second-order valence-corrected chi connectivity index (χ2v) is 10.3. The predicted molar refractivity (Wildman–Crippen MR) is 142 cm³/mol. The van der Waals surface area contributed by atoms with Crippen molar-refractivity contribution in [2.45, 2.75) is 38.2 Å². The third-order valence-corrected chi connectivity index (χ3v) is 7.72. The molecule has 3 aromatic rings. The molecular formula is C29H22N2O10. The first-order valence-corrected chi connectivity index (χ1v) is 12.6. The van der Waals surface area contributed by atoms with Crippen molar-refractivity contribution in [3.63, 3.8) is 0 Å². The van der Waals surface area contributed by atoms with Gasteiger partial charge >= 0.3 is 0 Å². The number of ether oxygens (including phenoxy) is 1. The number of nitrogens with zero attached hydrogens (tertiary/aromatic N) is 1. The maximum atomic E-state index is 14.0. The van der Waals surface area contributed by atoms with Gasteiger partial charge in [0.2, 0.25) is 5.78 Å². The number of H-pyrrole nitrogens is 1. The van der Waals surface area contributed by atoms with Gasteiger partial charge in [-0.1, -0.05) is 11.2 Å². The van der Waals surface area contributed by atoms with Crippen molar-refractivity contribution >= 4 is 40.1 Å². The van der Waals surface area contributed by atoms with E-state index in [1.54, 1.807) is 26.0 Å². The van der Waals surface area contributed by atoms with Crippen LogP contribution in [0.25, 0.3) is 10.8 Å². The minimum Gasteiger partial charge on any atom is -0.507 e. The fourth-order valence-corrected chi connectivity index (χ4v) is 6.04. The zero-order chi connectivity index (χ0) is 29.5. The summed E-state index contributed by atoms with van der Waals surface area (Å²) >= 11 is 0. The lowest BCUT2D eigenvalue weighted by Crippen LogP contribution is -2.36. The van der Waals surface area contributed by atoms with E-state index < -0.39 is 79.4 Å². The maximum absolute atomic E-state index is 14.0. The number of fused-ring (bicyclic) bond motifs is 5. The molecule has 1 spiro atoms. The number of aryl methyl sites for hydroxylation is 1. The Morgan fingerprint density at radius 1 is 0.951 bits per heavy atom. The SMILES string of the molecule is COC1=CC(=O)c2c(O)c3c(c(O)c2C1=O)C(=O)[C@]1(CCc2cc4cc(C=NOC(C)C)[nH]c(=O)c4c(O)c21)C3=O. The molecule has 12 nitrogen and oxygen atoms in total. The van der Waals surface area contributed by atoms with E-state index in [0.717, 1.165) is 13.2 Å². The van der Waals surface area contributed by atoms with Crippen LogP contribution < -0.4 is 5.56 Å². The Labute approximate surface area is 230 Å². The van der Waals surface area contributed by atoms with Gasteiger partial charge in [-0.3, -0.25) is 24.0 Å². The van der Waals surface area contributed by atoms with Gasteiger partial charge in [0.25, 0.3) is 5.56 Å². The van der Waals surface area contributed by atoms with Crippen LogP contribution >= 0.6 is 0 Å². The number of aromatic amines is 1. The van der Waals surface area contributed by atoms with Gasteiger partial charge in [0.15, 0.2) is 23.1 Å². The van der Waals surface area contributed by atoms with E-state index in [4.69, 9.17) is 9.57 Å². The topological polar surface area (TPSA) is 193 Å². The van der Waals surface area contributed by atoms with Crippen LogP contribution in [0.15, 0.2) is 33.9 Å². The number of Topliss-reactive ketones (excluding diaryl/α,β-unsaturated/α-hetero) is 3. The second-order valence-electron chi connectivity index (χ2n) is 10.3. The highest BCUT2D eigenvalue weighted by molar-refractivity contribution is 6.38. The van der Waals surface area contributed by atoms with Crippen LogP contribution in [-0.4, -0.2) is 62.9 Å². The first-order valence-electron chi connectivity index (χ1n) is 12.6. The van der Waals surface area contributed by atoms with Crippen molar-refractivity contribution in [3.05, 3.63) is 73.4 Å². The summed E-state index contributed by atoms with van der Waals surface area (Å²) < 4.78 is 4.91. The first-order chi connectivity index (χ1) is 19.4. The summed E-state index contributed by atoms with van der Waals surface area (Å²) in [6.07, 6.45) is 1.90. The highest BCUT2D eigenvalue weighted by Gasteiger charge is 2.61. The lowest BCUT2D eigenvalue weighted by atomic mass is 9.76. The molecule has 1 atom stereocenters. The van der Waals surface area contributed by atoms with Crippen molar-refractivity contribution in [2.75, 3.05) is 7.11 Å². The number of carbonyl (C=O) groups is 4. The summed E-state index contributed by atoms with van der Waals surface area (Å²) in [6.45, 7) is 3.55. The average Bonchev–Trinajstić information content (AvgIpc) is 3.40. The van der Waals surface area contributed by atoms with Crippen LogP contribution in [0, 0.1) is 0 Å². The molecule has 0 bridgehead atoms. The molecule has 0 saturated carbocycles. The molecule has 3 aliphatic rings. The number of ketones is 4. The van der Waals surface area contributed by atoms with Gasteiger partial charge in [0, 0.05) is 11.6 Å². The van der Waals surface area contributed by atoms with Crippen molar-refractivity contribution < 1.29 is 44.1 Å². The van der Waals surface area contributed by atoms with Crippen molar-refractivity contribution in [3.8, 4) is 17.2 Å². The zero-order valence-electron chi connectivity index (χ0n) is 21.9. The fourth-order valence-electron chi connectivity index (χ4n) is 6.04. The molecule has 208 valence electrons. The number of aromatic nitrogens is 1. The Kier molecular flexibility index (Phi) is 5.46. The monoisotopic (exact) mass is 558 g/mol. The average molecular weight is 558 g/mol. The number of rotatable bonds is 4. The van der Waals surface area contributed by atoms with Gasteiger partial charge in [-0.2, -0.15) is 0 Å². The van der Waals surface area contributed by atoms with Crippen LogP contribution in [0.2, 0.25) is 0 Å². The molecule has 0 fully saturated rings. The quantitative estimate of drug-likeness (QED) is 0.160. The molecule has 0 radical (unpaired) electrons. The third kappa shape index (κ3) is 3.27. The Morgan fingerprint density at radius 3 is 2.24 bits per heavy atom. The summed E-state index contributed by atoms with van der Waals surface area (Å²) in [7, 11) is 1.13. The van der Waals surface area contributed by atoms with Gasteiger partial charge < -0.3 is 29.9 Å². The van der Waals surface area contributed by atoms with Crippen molar-refractivity contribution in [2.24, 2.45) is 5.16 Å². The fraction of sp³-hybridized carbons (Fsp3) is 0.241. The molecular weight excluding hydrogens is 536 g/mol. The van der Waals surface area contributed by atoms with Crippen molar-refractivity contribution in [1.29, 1.82) is 0 Å². The van der Waals surface area contributed by atoms with E-state index in [1.807, 2.05) is 0 Å². The third-order valence-electron chi connectivity index (χ3n) is 7.72. The molecule has 3 aliphatic carbocycles. The highest BCUT2D eigenvalue weighted by atomic mass is 16.6. The van der Waals surface area contributed by atoms with Crippen LogP contribution in [0.3, 0.4) is 0 Å². The smallest absolute Gasteiger partial charge is 0.260 e. The minimum atomic E-state index is -2.10. The van der Waals surface area contributed by atoms with Crippen LogP contribution in [0.4, 0.5) is 0 Å². The van der Waals surface area contributed by atoms with Crippen LogP contribution in [0.1, 0.15) is 78.5 Å². The summed E-state index contributed by atoms with van der Waals surface area (Å²) in [5, 5.41) is 37.5. The highest BCUT2D eigenvalue weighted by Crippen LogP contribution is 2.57. The minimum absolute atomic E-state index is 0.128. The number of aromatic hydroxyl groups is 3. The molecule has 0 saturated heterocycles. The standard InChI is InChI=1S/C29H22N2O10/c1-10(2)41-30-9-13-7-12-6-11-4-5-29(21(11)25(36)16(12)28(39)31-13)26(37)19-20(27(29)38)24(35)18-17(23(19)34)14(32)8-15(40-3)22(18)33/h6-10,34-36H,4-5H2,1-3H3,(H,31,39)/t29-/m0/s1. The summed E-state index contributed by atoms with van der Waals surface area (Å²) in [4.78, 5) is 74.5. The number of carbonyl (C=O) groups excluding carboxylic acids is 4. The van der Waals surface area contributed by atoms with Gasteiger partial charge in [-0.05, 0) is 43.7 Å². The zero-order valence-corrected chi connectivity index (χ0v) is 21.9. The Balaban J connectivity index is 1.56. The molecule has 4 N–H and O–H groups in total. The van der Waals surface area contributed by atoms with Crippen LogP contribution in [0.5, 0.6) is 17.2 Å². The molecule has 1 heterocycles.